The van der Waals surface area contributed by atoms with E-state index in [1.165, 1.54) is 99.9 Å². The van der Waals surface area contributed by atoms with Crippen LogP contribution in [0.1, 0.15) is 48.9 Å². The molecule has 0 radical (unpaired) electrons. The summed E-state index contributed by atoms with van der Waals surface area (Å²) in [6.45, 7) is 2.37. The fourth-order valence-corrected chi connectivity index (χ4v) is 9.48. The van der Waals surface area contributed by atoms with Crippen molar-refractivity contribution in [3.8, 4) is 39.1 Å². The molecule has 2 aliphatic carbocycles. The average molecular weight is 731 g/mol. The first kappa shape index (κ1) is 33.4. The van der Waals surface area contributed by atoms with Gasteiger partial charge in [0.25, 0.3) is 0 Å². The van der Waals surface area contributed by atoms with Gasteiger partial charge in [0.1, 0.15) is 0 Å². The number of nitrogens with zero attached hydrogens (tertiary/aromatic N) is 2. The highest BCUT2D eigenvalue weighted by Gasteiger charge is 2.24. The summed E-state index contributed by atoms with van der Waals surface area (Å²) >= 11 is 0. The number of fused-ring (bicyclic) bond motifs is 6. The van der Waals surface area contributed by atoms with Crippen molar-refractivity contribution < 1.29 is 0 Å². The third kappa shape index (κ3) is 5.71. The second-order valence-corrected chi connectivity index (χ2v) is 15.7. The number of benzene rings is 7. The Hall–Kier alpha value is -6.90. The zero-order valence-electron chi connectivity index (χ0n) is 32.1. The van der Waals surface area contributed by atoms with Crippen LogP contribution in [0.15, 0.2) is 188 Å². The smallest absolute Gasteiger partial charge is 0.0538 e. The second-order valence-electron chi connectivity index (χ2n) is 15.7. The first-order chi connectivity index (χ1) is 28.2. The first-order valence-electron chi connectivity index (χ1n) is 20.3. The molecule has 0 bridgehead atoms. The molecule has 0 spiro atoms. The van der Waals surface area contributed by atoms with Crippen molar-refractivity contribution in [3.05, 3.63) is 205 Å². The van der Waals surface area contributed by atoms with E-state index in [0.29, 0.717) is 5.92 Å². The van der Waals surface area contributed by atoms with Gasteiger partial charge in [-0.15, -0.1) is 0 Å². The van der Waals surface area contributed by atoms with Crippen LogP contribution in [0.5, 0.6) is 0 Å². The van der Waals surface area contributed by atoms with Gasteiger partial charge in [-0.1, -0.05) is 128 Å². The van der Waals surface area contributed by atoms with Crippen LogP contribution in [0.25, 0.3) is 89.1 Å². The Morgan fingerprint density at radius 3 is 1.68 bits per heavy atom. The van der Waals surface area contributed by atoms with Crippen molar-refractivity contribution in [2.45, 2.75) is 32.1 Å². The lowest BCUT2D eigenvalue weighted by Crippen LogP contribution is -2.02. The molecule has 2 heterocycles. The summed E-state index contributed by atoms with van der Waals surface area (Å²) < 4.78 is 4.95. The molecule has 0 N–H and O–H groups in total. The predicted octanol–water partition coefficient (Wildman–Crippen LogP) is 15.0. The SMILES string of the molecule is CC1CC=Cc2c1c1cc(-c3ccc4c(c3)c3ccccc3n4C3=CC=C(c4cc(-c5ccccc5)cc(-c5ccccc5)c4)CC3)ccc1n2-c1ccccc1. The predicted molar refractivity (Wildman–Crippen MR) is 243 cm³/mol. The van der Waals surface area contributed by atoms with Crippen LogP contribution in [0, 0.1) is 0 Å². The van der Waals surface area contributed by atoms with Crippen LogP contribution in [-0.4, -0.2) is 9.13 Å². The van der Waals surface area contributed by atoms with E-state index in [2.05, 4.69) is 210 Å². The van der Waals surface area contributed by atoms with E-state index in [0.717, 1.165) is 19.3 Å². The quantitative estimate of drug-likeness (QED) is 0.161. The molecule has 272 valence electrons. The molecule has 57 heavy (non-hydrogen) atoms. The van der Waals surface area contributed by atoms with Gasteiger partial charge in [0, 0.05) is 33.2 Å². The lowest BCUT2D eigenvalue weighted by molar-refractivity contribution is 0.773. The highest BCUT2D eigenvalue weighted by Crippen LogP contribution is 2.43. The molecule has 0 aliphatic heterocycles. The standard InChI is InChI=1S/C55H42N2/c1-37-14-13-23-54-55(37)50-36-42(27-31-53(50)57(54)46-19-9-4-10-20-46)41-26-30-52-49(35-41)48-21-11-12-22-51(48)56(52)47-28-24-40(25-29-47)45-33-43(38-15-5-2-6-16-38)32-44(34-45)39-17-7-3-8-18-39/h2-13,15-24,26-28,30-37H,14,25,29H2,1H3. The van der Waals surface area contributed by atoms with Crippen LogP contribution in [0.3, 0.4) is 0 Å². The molecule has 0 fully saturated rings. The third-order valence-corrected chi connectivity index (χ3v) is 12.3. The van der Waals surface area contributed by atoms with Crippen LogP contribution < -0.4 is 0 Å². The minimum Gasteiger partial charge on any atom is -0.313 e. The van der Waals surface area contributed by atoms with Crippen molar-refractivity contribution in [2.24, 2.45) is 0 Å². The molecular formula is C55H42N2. The number of hydrogen-bond acceptors (Lipinski definition) is 0. The molecular weight excluding hydrogens is 689 g/mol. The average Bonchev–Trinajstić information content (AvgIpc) is 3.80. The van der Waals surface area contributed by atoms with E-state index in [1.807, 2.05) is 0 Å². The van der Waals surface area contributed by atoms with E-state index in [9.17, 15) is 0 Å². The largest absolute Gasteiger partial charge is 0.313 e. The lowest BCUT2D eigenvalue weighted by Gasteiger charge is -2.19. The van der Waals surface area contributed by atoms with E-state index >= 15 is 0 Å². The zero-order chi connectivity index (χ0) is 37.9. The fraction of sp³-hybridized carbons (Fsp3) is 0.0909. The molecule has 0 saturated heterocycles. The van der Waals surface area contributed by atoms with Gasteiger partial charge in [0.05, 0.1) is 16.6 Å². The Morgan fingerprint density at radius 1 is 0.439 bits per heavy atom. The first-order valence-corrected chi connectivity index (χ1v) is 20.3. The summed E-state index contributed by atoms with van der Waals surface area (Å²) in [5.41, 5.74) is 19.2. The highest BCUT2D eigenvalue weighted by molar-refractivity contribution is 6.11. The summed E-state index contributed by atoms with van der Waals surface area (Å²) in [5.74, 6) is 0.463. The normalized spacial score (nSPS) is 15.2. The Bertz CT molecular complexity index is 3020. The van der Waals surface area contributed by atoms with Gasteiger partial charge >= 0.3 is 0 Å². The van der Waals surface area contributed by atoms with E-state index in [-0.39, 0.29) is 0 Å². The molecule has 2 aromatic heterocycles. The molecule has 1 unspecified atom stereocenters. The Kier molecular flexibility index (Phi) is 8.03. The number of allylic oxidation sites excluding steroid dienone is 5. The number of hydrogen-bond donors (Lipinski definition) is 0. The molecule has 9 aromatic rings. The van der Waals surface area contributed by atoms with Crippen LogP contribution in [0.4, 0.5) is 0 Å². The molecule has 2 nitrogen and oxygen atoms in total. The Morgan fingerprint density at radius 2 is 1.02 bits per heavy atom. The molecule has 0 amide bonds. The van der Waals surface area contributed by atoms with Crippen LogP contribution in [0.2, 0.25) is 0 Å². The van der Waals surface area contributed by atoms with E-state index in [4.69, 9.17) is 0 Å². The van der Waals surface area contributed by atoms with Gasteiger partial charge < -0.3 is 9.13 Å². The van der Waals surface area contributed by atoms with Crippen molar-refractivity contribution in [1.29, 1.82) is 0 Å². The maximum absolute atomic E-state index is 2.51. The Balaban J connectivity index is 1.00. The monoisotopic (exact) mass is 730 g/mol. The summed E-state index contributed by atoms with van der Waals surface area (Å²) in [4.78, 5) is 0. The number of para-hydroxylation sites is 2. The van der Waals surface area contributed by atoms with Crippen LogP contribution >= 0.6 is 0 Å². The number of rotatable bonds is 6. The van der Waals surface area contributed by atoms with Gasteiger partial charge in [-0.05, 0) is 148 Å². The van der Waals surface area contributed by atoms with E-state index in [1.54, 1.807) is 0 Å². The number of aromatic nitrogens is 2. The van der Waals surface area contributed by atoms with Crippen molar-refractivity contribution in [3.63, 3.8) is 0 Å². The lowest BCUT2D eigenvalue weighted by atomic mass is 9.89. The summed E-state index contributed by atoms with van der Waals surface area (Å²) in [7, 11) is 0. The summed E-state index contributed by atoms with van der Waals surface area (Å²) in [5, 5.41) is 3.94. The zero-order valence-corrected chi connectivity index (χ0v) is 32.1. The fourth-order valence-electron chi connectivity index (χ4n) is 9.48. The van der Waals surface area contributed by atoms with Crippen molar-refractivity contribution in [1.82, 2.24) is 9.13 Å². The minimum atomic E-state index is 0.463. The van der Waals surface area contributed by atoms with Gasteiger partial charge in [-0.25, -0.2) is 0 Å². The van der Waals surface area contributed by atoms with Crippen LogP contribution in [-0.2, 0) is 0 Å². The molecule has 0 saturated carbocycles. The molecule has 2 heteroatoms. The van der Waals surface area contributed by atoms with Crippen molar-refractivity contribution >= 4 is 50.1 Å². The molecule has 1 atom stereocenters. The maximum Gasteiger partial charge on any atom is 0.0538 e. The molecule has 7 aromatic carbocycles. The van der Waals surface area contributed by atoms with Gasteiger partial charge in [0.2, 0.25) is 0 Å². The minimum absolute atomic E-state index is 0.463. The van der Waals surface area contributed by atoms with Gasteiger partial charge in [0.15, 0.2) is 0 Å². The topological polar surface area (TPSA) is 9.86 Å². The second kappa shape index (κ2) is 13.7. The van der Waals surface area contributed by atoms with E-state index < -0.39 is 0 Å². The highest BCUT2D eigenvalue weighted by atomic mass is 15.0. The summed E-state index contributed by atoms with van der Waals surface area (Å²) in [6.07, 6.45) is 12.4. The van der Waals surface area contributed by atoms with Crippen molar-refractivity contribution in [2.75, 3.05) is 0 Å². The Labute approximate surface area is 334 Å². The summed E-state index contributed by atoms with van der Waals surface area (Å²) in [6, 6.07) is 62.5. The third-order valence-electron chi connectivity index (χ3n) is 12.3. The van der Waals surface area contributed by atoms with Gasteiger partial charge in [-0.3, -0.25) is 0 Å². The maximum atomic E-state index is 2.51. The van der Waals surface area contributed by atoms with Gasteiger partial charge in [-0.2, -0.15) is 0 Å². The molecule has 2 aliphatic rings. The molecule has 11 rings (SSSR count).